The van der Waals surface area contributed by atoms with Crippen LogP contribution >= 0.6 is 0 Å². The molecular weight excluding hydrogens is 264 g/mol. The molecule has 1 heterocycles. The standard InChI is InChI=1S/C17H28N2O2/c1-19(12-9-15-7-10-18-11-8-15)13-14-21-17-6-4-3-5-16(17)20-2/h3-6,15,18H,7-14H2,1-2H3. The molecule has 1 fully saturated rings. The number of piperidine rings is 1. The number of ether oxygens (including phenoxy) is 2. The number of hydrogen-bond donors (Lipinski definition) is 1. The van der Waals surface area contributed by atoms with E-state index in [0.29, 0.717) is 6.61 Å². The number of benzene rings is 1. The van der Waals surface area contributed by atoms with E-state index in [2.05, 4.69) is 17.3 Å². The molecule has 0 atom stereocenters. The molecule has 118 valence electrons. The molecule has 0 radical (unpaired) electrons. The van der Waals surface area contributed by atoms with E-state index in [-0.39, 0.29) is 0 Å². The minimum Gasteiger partial charge on any atom is -0.493 e. The molecule has 4 nitrogen and oxygen atoms in total. The van der Waals surface area contributed by atoms with Gasteiger partial charge in [-0.15, -0.1) is 0 Å². The van der Waals surface area contributed by atoms with Crippen LogP contribution in [0.4, 0.5) is 0 Å². The second kappa shape index (κ2) is 8.90. The Morgan fingerprint density at radius 3 is 2.57 bits per heavy atom. The summed E-state index contributed by atoms with van der Waals surface area (Å²) in [5.74, 6) is 2.52. The first kappa shape index (κ1) is 16.1. The molecule has 0 saturated carbocycles. The van der Waals surface area contributed by atoms with E-state index in [1.165, 1.54) is 32.4 Å². The first-order chi connectivity index (χ1) is 10.3. The van der Waals surface area contributed by atoms with Crippen molar-refractivity contribution in [2.24, 2.45) is 5.92 Å². The Morgan fingerprint density at radius 1 is 1.14 bits per heavy atom. The van der Waals surface area contributed by atoms with Gasteiger partial charge in [0.05, 0.1) is 7.11 Å². The Balaban J connectivity index is 1.63. The second-order valence-corrected chi connectivity index (χ2v) is 5.78. The highest BCUT2D eigenvalue weighted by Crippen LogP contribution is 2.25. The molecule has 2 rings (SSSR count). The zero-order valence-electron chi connectivity index (χ0n) is 13.3. The van der Waals surface area contributed by atoms with E-state index >= 15 is 0 Å². The zero-order valence-corrected chi connectivity index (χ0v) is 13.3. The summed E-state index contributed by atoms with van der Waals surface area (Å²) < 4.78 is 11.1. The Morgan fingerprint density at radius 2 is 1.86 bits per heavy atom. The molecule has 1 aliphatic rings. The lowest BCUT2D eigenvalue weighted by Gasteiger charge is -2.25. The van der Waals surface area contributed by atoms with Crippen molar-refractivity contribution in [3.63, 3.8) is 0 Å². The molecule has 1 aromatic carbocycles. The number of para-hydroxylation sites is 2. The van der Waals surface area contributed by atoms with Crippen LogP contribution in [-0.2, 0) is 0 Å². The van der Waals surface area contributed by atoms with E-state index in [4.69, 9.17) is 9.47 Å². The fraction of sp³-hybridized carbons (Fsp3) is 0.647. The molecule has 0 unspecified atom stereocenters. The number of rotatable bonds is 8. The summed E-state index contributed by atoms with van der Waals surface area (Å²) in [6.45, 7) is 5.17. The van der Waals surface area contributed by atoms with Crippen LogP contribution < -0.4 is 14.8 Å². The van der Waals surface area contributed by atoms with Crippen LogP contribution in [0.25, 0.3) is 0 Å². The molecule has 0 spiro atoms. The van der Waals surface area contributed by atoms with Gasteiger partial charge in [0.2, 0.25) is 0 Å². The van der Waals surface area contributed by atoms with Gasteiger partial charge in [-0.1, -0.05) is 12.1 Å². The highest BCUT2D eigenvalue weighted by atomic mass is 16.5. The van der Waals surface area contributed by atoms with Crippen LogP contribution in [0.3, 0.4) is 0 Å². The summed E-state index contributed by atoms with van der Waals surface area (Å²) in [5, 5.41) is 3.42. The minimum absolute atomic E-state index is 0.698. The predicted octanol–water partition coefficient (Wildman–Crippen LogP) is 2.40. The summed E-state index contributed by atoms with van der Waals surface area (Å²) in [6, 6.07) is 7.81. The molecule has 0 bridgehead atoms. The molecule has 21 heavy (non-hydrogen) atoms. The SMILES string of the molecule is COc1ccccc1OCCN(C)CCC1CCNCC1. The van der Waals surface area contributed by atoms with Gasteiger partial charge >= 0.3 is 0 Å². The minimum atomic E-state index is 0.698. The number of methoxy groups -OCH3 is 1. The molecular formula is C17H28N2O2. The van der Waals surface area contributed by atoms with Crippen LogP contribution in [0.2, 0.25) is 0 Å². The average molecular weight is 292 g/mol. The van der Waals surface area contributed by atoms with Crippen molar-refractivity contribution in [2.45, 2.75) is 19.3 Å². The summed E-state index contributed by atoms with van der Waals surface area (Å²) in [5.41, 5.74) is 0. The Hall–Kier alpha value is -1.26. The summed E-state index contributed by atoms with van der Waals surface area (Å²) in [6.07, 6.45) is 3.95. The van der Waals surface area contributed by atoms with Crippen molar-refractivity contribution >= 4 is 0 Å². The maximum atomic E-state index is 5.81. The quantitative estimate of drug-likeness (QED) is 0.798. The van der Waals surface area contributed by atoms with Crippen LogP contribution in [0.5, 0.6) is 11.5 Å². The number of likely N-dealkylation sites (N-methyl/N-ethyl adjacent to an activating group) is 1. The molecule has 4 heteroatoms. The molecule has 0 amide bonds. The topological polar surface area (TPSA) is 33.7 Å². The van der Waals surface area contributed by atoms with Crippen molar-refractivity contribution < 1.29 is 9.47 Å². The van der Waals surface area contributed by atoms with E-state index in [1.807, 2.05) is 24.3 Å². The number of hydrogen-bond acceptors (Lipinski definition) is 4. The van der Waals surface area contributed by atoms with Gasteiger partial charge in [0, 0.05) is 6.54 Å². The molecule has 1 N–H and O–H groups in total. The molecule has 0 aliphatic carbocycles. The molecule has 0 aromatic heterocycles. The van der Waals surface area contributed by atoms with Gasteiger partial charge < -0.3 is 19.7 Å². The predicted molar refractivity (Wildman–Crippen MR) is 86.2 cm³/mol. The third-order valence-electron chi connectivity index (χ3n) is 4.18. The number of nitrogens with one attached hydrogen (secondary N) is 1. The van der Waals surface area contributed by atoms with Crippen LogP contribution in [0.1, 0.15) is 19.3 Å². The monoisotopic (exact) mass is 292 g/mol. The second-order valence-electron chi connectivity index (χ2n) is 5.78. The van der Waals surface area contributed by atoms with Crippen molar-refractivity contribution in [3.8, 4) is 11.5 Å². The first-order valence-electron chi connectivity index (χ1n) is 7.94. The summed E-state index contributed by atoms with van der Waals surface area (Å²) in [4.78, 5) is 2.36. The van der Waals surface area contributed by atoms with E-state index in [9.17, 15) is 0 Å². The van der Waals surface area contributed by atoms with Crippen LogP contribution in [-0.4, -0.2) is 51.8 Å². The van der Waals surface area contributed by atoms with Gasteiger partial charge in [-0.25, -0.2) is 0 Å². The lowest BCUT2D eigenvalue weighted by Crippen LogP contribution is -2.31. The Kier molecular flexibility index (Phi) is 6.83. The fourth-order valence-electron chi connectivity index (χ4n) is 2.73. The van der Waals surface area contributed by atoms with Crippen LogP contribution in [0.15, 0.2) is 24.3 Å². The van der Waals surface area contributed by atoms with Crippen molar-refractivity contribution in [3.05, 3.63) is 24.3 Å². The van der Waals surface area contributed by atoms with Gasteiger partial charge in [0.25, 0.3) is 0 Å². The Labute approximate surface area is 128 Å². The van der Waals surface area contributed by atoms with Gasteiger partial charge in [0.1, 0.15) is 6.61 Å². The average Bonchev–Trinajstić information content (AvgIpc) is 2.54. The smallest absolute Gasteiger partial charge is 0.161 e. The lowest BCUT2D eigenvalue weighted by atomic mass is 9.94. The molecule has 1 aromatic rings. The van der Waals surface area contributed by atoms with Crippen molar-refractivity contribution in [1.82, 2.24) is 10.2 Å². The van der Waals surface area contributed by atoms with Gasteiger partial charge in [-0.05, 0) is 64.0 Å². The highest BCUT2D eigenvalue weighted by molar-refractivity contribution is 5.39. The summed E-state index contributed by atoms with van der Waals surface area (Å²) in [7, 11) is 3.85. The molecule has 1 aliphatic heterocycles. The third-order valence-corrected chi connectivity index (χ3v) is 4.18. The largest absolute Gasteiger partial charge is 0.493 e. The normalized spacial score (nSPS) is 16.1. The van der Waals surface area contributed by atoms with E-state index in [0.717, 1.165) is 30.5 Å². The first-order valence-corrected chi connectivity index (χ1v) is 7.94. The lowest BCUT2D eigenvalue weighted by molar-refractivity contribution is 0.214. The fourth-order valence-corrected chi connectivity index (χ4v) is 2.73. The van der Waals surface area contributed by atoms with Crippen molar-refractivity contribution in [1.29, 1.82) is 0 Å². The maximum Gasteiger partial charge on any atom is 0.161 e. The highest BCUT2D eigenvalue weighted by Gasteiger charge is 2.13. The van der Waals surface area contributed by atoms with Gasteiger partial charge in [0.15, 0.2) is 11.5 Å². The zero-order chi connectivity index (χ0) is 14.9. The van der Waals surface area contributed by atoms with Gasteiger partial charge in [-0.3, -0.25) is 0 Å². The Bertz CT molecular complexity index is 406. The third kappa shape index (κ3) is 5.56. The van der Waals surface area contributed by atoms with Gasteiger partial charge in [-0.2, -0.15) is 0 Å². The van der Waals surface area contributed by atoms with E-state index < -0.39 is 0 Å². The van der Waals surface area contributed by atoms with Crippen molar-refractivity contribution in [2.75, 3.05) is 46.9 Å². The summed E-state index contributed by atoms with van der Waals surface area (Å²) >= 11 is 0. The maximum absolute atomic E-state index is 5.81. The van der Waals surface area contributed by atoms with Crippen LogP contribution in [0, 0.1) is 5.92 Å². The molecule has 1 saturated heterocycles. The number of nitrogens with zero attached hydrogens (tertiary/aromatic N) is 1. The van der Waals surface area contributed by atoms with E-state index in [1.54, 1.807) is 7.11 Å².